The van der Waals surface area contributed by atoms with E-state index in [4.69, 9.17) is 4.74 Å². The normalized spacial score (nSPS) is 12.9. The van der Waals surface area contributed by atoms with Gasteiger partial charge < -0.3 is 20.3 Å². The van der Waals surface area contributed by atoms with Crippen LogP contribution in [0.1, 0.15) is 20.8 Å². The van der Waals surface area contributed by atoms with Gasteiger partial charge in [-0.15, -0.1) is 0 Å². The first-order chi connectivity index (χ1) is 14.9. The van der Waals surface area contributed by atoms with Gasteiger partial charge in [-0.3, -0.25) is 14.4 Å². The topological polar surface area (TPSA) is 106 Å². The van der Waals surface area contributed by atoms with Gasteiger partial charge in [0.25, 0.3) is 0 Å². The summed E-state index contributed by atoms with van der Waals surface area (Å²) in [5.41, 5.74) is 0. The highest BCUT2D eigenvalue weighted by atomic mass is 19.3. The number of hydrogen-bond donors (Lipinski definition) is 2. The Hall–Kier alpha value is -2.27. The molecular weight excluding hydrogens is 482 g/mol. The van der Waals surface area contributed by atoms with E-state index in [0.29, 0.717) is 0 Å². The van der Waals surface area contributed by atoms with Crippen LogP contribution in [0.25, 0.3) is 0 Å². The average Bonchev–Trinajstić information content (AvgIpc) is 2.65. The maximum absolute atomic E-state index is 13.6. The van der Waals surface area contributed by atoms with Crippen molar-refractivity contribution in [1.82, 2.24) is 15.5 Å². The Balaban J connectivity index is 4.99. The number of carbonyl (C=O) groups is 3. The summed E-state index contributed by atoms with van der Waals surface area (Å²) in [7, 11) is 0. The number of nitrogens with zero attached hydrogens (tertiary/aromatic N) is 1. The van der Waals surface area contributed by atoms with Crippen LogP contribution >= 0.6 is 0 Å². The first kappa shape index (κ1) is 30.7. The second-order valence-corrected chi connectivity index (χ2v) is 6.10. The van der Waals surface area contributed by atoms with E-state index in [1.807, 2.05) is 0 Å². The van der Waals surface area contributed by atoms with Gasteiger partial charge in [0.1, 0.15) is 0 Å². The van der Waals surface area contributed by atoms with Crippen LogP contribution in [0.3, 0.4) is 0 Å². The molecular formula is C16H23F8N3O6. The van der Waals surface area contributed by atoms with E-state index in [-0.39, 0.29) is 24.0 Å². The highest BCUT2D eigenvalue weighted by molar-refractivity contribution is 5.82. The van der Waals surface area contributed by atoms with Crippen molar-refractivity contribution in [1.29, 1.82) is 0 Å². The van der Waals surface area contributed by atoms with Gasteiger partial charge in [-0.1, -0.05) is 0 Å². The molecule has 0 atom stereocenters. The third kappa shape index (κ3) is 9.63. The summed E-state index contributed by atoms with van der Waals surface area (Å²) in [6.45, 7) is 1.45. The van der Waals surface area contributed by atoms with Gasteiger partial charge in [0.2, 0.25) is 5.91 Å². The molecule has 0 radical (unpaired) electrons. The molecule has 0 saturated carbocycles. The number of nitrogens with one attached hydrogen (secondary N) is 2. The average molecular weight is 505 g/mol. The van der Waals surface area contributed by atoms with Crippen molar-refractivity contribution in [3.05, 3.63) is 0 Å². The number of amides is 3. The van der Waals surface area contributed by atoms with Crippen molar-refractivity contribution in [2.75, 3.05) is 39.4 Å². The minimum Gasteiger partial charge on any atom is -0.378 e. The van der Waals surface area contributed by atoms with Gasteiger partial charge >= 0.3 is 36.2 Å². The van der Waals surface area contributed by atoms with Crippen LogP contribution in [0.2, 0.25) is 0 Å². The summed E-state index contributed by atoms with van der Waals surface area (Å²) in [6.07, 6.45) is -24.1. The molecule has 0 aliphatic rings. The number of likely N-dealkylation sites (N-methyl/N-ethyl adjacent to an activating group) is 1. The molecule has 17 heteroatoms. The molecule has 0 unspecified atom stereocenters. The molecule has 0 bridgehead atoms. The SMILES string of the molecule is CCN(CC)C(=O)C(F)(F)OC(F)(F)C(F)(F)OC(F)(F)C(=O)NCCOCCNC(C)=O. The second-order valence-electron chi connectivity index (χ2n) is 6.10. The quantitative estimate of drug-likeness (QED) is 0.258. The first-order valence-corrected chi connectivity index (χ1v) is 9.25. The lowest BCUT2D eigenvalue weighted by Gasteiger charge is -2.31. The van der Waals surface area contributed by atoms with Crippen LogP contribution in [-0.4, -0.2) is 86.4 Å². The van der Waals surface area contributed by atoms with Crippen LogP contribution in [0.5, 0.6) is 0 Å². The highest BCUT2D eigenvalue weighted by Crippen LogP contribution is 2.43. The largest absolute Gasteiger partial charge is 0.453 e. The van der Waals surface area contributed by atoms with E-state index in [9.17, 15) is 49.5 Å². The number of ether oxygens (including phenoxy) is 3. The van der Waals surface area contributed by atoms with E-state index < -0.39 is 62.5 Å². The van der Waals surface area contributed by atoms with Crippen LogP contribution < -0.4 is 10.6 Å². The second kappa shape index (κ2) is 12.3. The van der Waals surface area contributed by atoms with Crippen LogP contribution in [0.15, 0.2) is 0 Å². The summed E-state index contributed by atoms with van der Waals surface area (Å²) < 4.78 is 118. The summed E-state index contributed by atoms with van der Waals surface area (Å²) in [6, 6.07) is 0. The molecule has 2 N–H and O–H groups in total. The zero-order valence-electron chi connectivity index (χ0n) is 17.7. The Morgan fingerprint density at radius 2 is 1.18 bits per heavy atom. The molecule has 0 heterocycles. The van der Waals surface area contributed by atoms with Crippen molar-refractivity contribution in [2.45, 2.75) is 45.2 Å². The monoisotopic (exact) mass is 505 g/mol. The van der Waals surface area contributed by atoms with E-state index in [0.717, 1.165) is 0 Å². The summed E-state index contributed by atoms with van der Waals surface area (Å²) >= 11 is 0. The van der Waals surface area contributed by atoms with Gasteiger partial charge in [-0.05, 0) is 13.8 Å². The number of hydrogen-bond acceptors (Lipinski definition) is 6. The molecule has 0 aromatic carbocycles. The predicted octanol–water partition coefficient (Wildman–Crippen LogP) is 1.53. The summed E-state index contributed by atoms with van der Waals surface area (Å²) in [4.78, 5) is 33.6. The zero-order chi connectivity index (χ0) is 26.1. The van der Waals surface area contributed by atoms with Crippen LogP contribution in [0, 0.1) is 0 Å². The number of halogens is 8. The van der Waals surface area contributed by atoms with Crippen molar-refractivity contribution in [3.8, 4) is 0 Å². The van der Waals surface area contributed by atoms with Gasteiger partial charge in [-0.2, -0.15) is 35.1 Å². The fourth-order valence-corrected chi connectivity index (χ4v) is 1.97. The van der Waals surface area contributed by atoms with E-state index in [1.54, 1.807) is 0 Å². The molecule has 0 aliphatic heterocycles. The molecule has 3 amide bonds. The van der Waals surface area contributed by atoms with Gasteiger partial charge in [0.15, 0.2) is 0 Å². The lowest BCUT2D eigenvalue weighted by molar-refractivity contribution is -0.500. The highest BCUT2D eigenvalue weighted by Gasteiger charge is 2.69. The minimum atomic E-state index is -6.46. The Bertz CT molecular complexity index is 677. The Morgan fingerprint density at radius 1 is 0.758 bits per heavy atom. The van der Waals surface area contributed by atoms with E-state index in [2.05, 4.69) is 14.8 Å². The van der Waals surface area contributed by atoms with Gasteiger partial charge in [0.05, 0.1) is 13.2 Å². The molecule has 0 fully saturated rings. The number of rotatable bonds is 15. The van der Waals surface area contributed by atoms with Gasteiger partial charge in [-0.25, -0.2) is 9.47 Å². The van der Waals surface area contributed by atoms with Crippen molar-refractivity contribution >= 4 is 17.7 Å². The van der Waals surface area contributed by atoms with Crippen molar-refractivity contribution in [2.24, 2.45) is 0 Å². The number of alkyl halides is 8. The minimum absolute atomic E-state index is 0.0330. The van der Waals surface area contributed by atoms with Crippen molar-refractivity contribution in [3.63, 3.8) is 0 Å². The third-order valence-corrected chi connectivity index (χ3v) is 3.57. The Labute approximate surface area is 182 Å². The first-order valence-electron chi connectivity index (χ1n) is 9.25. The number of carbonyl (C=O) groups excluding carboxylic acids is 3. The molecule has 0 rings (SSSR count). The molecule has 194 valence electrons. The standard InChI is InChI=1S/C16H23F8N3O6/c1-4-27(5-2)12(30)14(19,20)33-16(23,24)15(21,22)32-13(17,18)11(29)26-7-9-31-8-6-25-10(3)28/h4-9H2,1-3H3,(H,25,28)(H,26,29). The fourth-order valence-electron chi connectivity index (χ4n) is 1.97. The molecule has 9 nitrogen and oxygen atoms in total. The summed E-state index contributed by atoms with van der Waals surface area (Å²) in [5, 5.41) is 3.65. The molecule has 0 saturated heterocycles. The molecule has 0 spiro atoms. The lowest BCUT2D eigenvalue weighted by atomic mass is 10.4. The van der Waals surface area contributed by atoms with Crippen molar-refractivity contribution < 1.29 is 63.7 Å². The zero-order valence-corrected chi connectivity index (χ0v) is 17.7. The maximum atomic E-state index is 13.6. The molecule has 0 aromatic heterocycles. The van der Waals surface area contributed by atoms with Crippen LogP contribution in [0.4, 0.5) is 35.1 Å². The van der Waals surface area contributed by atoms with Crippen LogP contribution in [-0.2, 0) is 28.6 Å². The summed E-state index contributed by atoms with van der Waals surface area (Å²) in [5.74, 6) is -5.43. The Kier molecular flexibility index (Phi) is 11.4. The maximum Gasteiger partial charge on any atom is 0.453 e. The molecule has 33 heavy (non-hydrogen) atoms. The van der Waals surface area contributed by atoms with E-state index >= 15 is 0 Å². The third-order valence-electron chi connectivity index (χ3n) is 3.57. The predicted molar refractivity (Wildman–Crippen MR) is 92.4 cm³/mol. The van der Waals surface area contributed by atoms with E-state index in [1.165, 1.54) is 26.1 Å². The fraction of sp³-hybridized carbons (Fsp3) is 0.812. The molecule has 0 aromatic rings. The lowest BCUT2D eigenvalue weighted by Crippen LogP contribution is -2.57. The van der Waals surface area contributed by atoms with Gasteiger partial charge in [0, 0.05) is 33.1 Å². The Morgan fingerprint density at radius 3 is 1.61 bits per heavy atom. The smallest absolute Gasteiger partial charge is 0.378 e. The molecule has 0 aliphatic carbocycles.